The molecule has 24 aliphatic carbocycles. The number of rotatable bonds is 16. The van der Waals surface area contributed by atoms with Gasteiger partial charge >= 0.3 is 6.15 Å². The minimum absolute atomic E-state index is 0.0412. The normalized spacial score (nSPS) is 39.5. The molecule has 6 amide bonds. The van der Waals surface area contributed by atoms with Gasteiger partial charge in [0.15, 0.2) is 0 Å². The molecule has 0 radical (unpaired) electrons. The van der Waals surface area contributed by atoms with Gasteiger partial charge in [-0.1, -0.05) is 173 Å². The van der Waals surface area contributed by atoms with Gasteiger partial charge in [-0.2, -0.15) is 9.59 Å². The van der Waals surface area contributed by atoms with Crippen LogP contribution in [0.4, 0.5) is 0 Å². The second-order valence-electron chi connectivity index (χ2n) is 43.9. The summed E-state index contributed by atoms with van der Waals surface area (Å²) in [5, 5.41) is 30.5. The Morgan fingerprint density at radius 3 is 0.958 bits per heavy atom. The summed E-state index contributed by atoms with van der Waals surface area (Å²) in [7, 11) is 0. The maximum Gasteiger partial charge on any atom is 0.373 e. The maximum atomic E-state index is 12.0. The third-order valence-corrected chi connectivity index (χ3v) is 32.6. The molecular weight excluding hydrogens is 1470 g/mol. The molecule has 8 atom stereocenters. The molecule has 0 aromatic carbocycles. The molecule has 24 bridgehead atoms. The van der Waals surface area contributed by atoms with Crippen LogP contribution in [0.1, 0.15) is 412 Å². The second kappa shape index (κ2) is 45.4. The van der Waals surface area contributed by atoms with E-state index in [9.17, 15) is 33.9 Å². The number of carbonyl (C=O) groups is 6. The van der Waals surface area contributed by atoms with Crippen LogP contribution in [-0.2, 0) is 38.4 Å². The van der Waals surface area contributed by atoms with Gasteiger partial charge in [0.05, 0.1) is 5.60 Å². The van der Waals surface area contributed by atoms with Crippen LogP contribution < -0.4 is 31.9 Å². The maximum absolute atomic E-state index is 12.0. The zero-order chi connectivity index (χ0) is 88.4. The minimum atomic E-state index is -0.430. The molecule has 15 heteroatoms. The van der Waals surface area contributed by atoms with E-state index in [1.807, 2.05) is 166 Å². The van der Waals surface area contributed by atoms with Gasteiger partial charge in [-0.05, 0) is 361 Å². The van der Waals surface area contributed by atoms with E-state index in [0.29, 0.717) is 28.7 Å². The molecule has 0 aromatic heterocycles. The van der Waals surface area contributed by atoms with Gasteiger partial charge in [-0.25, -0.2) is 0 Å². The molecule has 24 saturated carbocycles. The van der Waals surface area contributed by atoms with Gasteiger partial charge < -0.3 is 37.0 Å². The molecule has 24 fully saturated rings. The van der Waals surface area contributed by atoms with Crippen LogP contribution >= 0.6 is 0 Å². The third kappa shape index (κ3) is 25.9. The van der Waals surface area contributed by atoms with Crippen LogP contribution in [0.15, 0.2) is 0 Å². The molecule has 682 valence electrons. The lowest BCUT2D eigenvalue weighted by molar-refractivity contribution is -0.192. The van der Waals surface area contributed by atoms with Crippen LogP contribution in [0, 0.1) is 158 Å². The van der Waals surface area contributed by atoms with Crippen LogP contribution in [0.2, 0.25) is 0 Å². The van der Waals surface area contributed by atoms with E-state index in [0.717, 1.165) is 120 Å². The Bertz CT molecular complexity index is 3000. The predicted molar refractivity (Wildman–Crippen MR) is 485 cm³/mol. The predicted octanol–water partition coefficient (Wildman–Crippen LogP) is 22.8. The first-order valence-electron chi connectivity index (χ1n) is 50.5. The molecule has 0 aromatic rings. The highest BCUT2D eigenvalue weighted by Crippen LogP contribution is 2.66. The molecular formula is C103H186N6O9. The number of hydrogen-bond acceptors (Lipinski definition) is 9. The summed E-state index contributed by atoms with van der Waals surface area (Å²) in [6, 6.07) is 0.570. The van der Waals surface area contributed by atoms with Gasteiger partial charge in [0, 0.05) is 70.8 Å². The molecule has 0 saturated heterocycles. The first kappa shape index (κ1) is 103. The Hall–Kier alpha value is -3.84. The van der Waals surface area contributed by atoms with Crippen molar-refractivity contribution in [1.82, 2.24) is 31.9 Å². The van der Waals surface area contributed by atoms with Crippen molar-refractivity contribution in [3.8, 4) is 0 Å². The Morgan fingerprint density at radius 2 is 0.610 bits per heavy atom. The summed E-state index contributed by atoms with van der Waals surface area (Å²) in [6.45, 7) is 55.5. The first-order valence-corrected chi connectivity index (χ1v) is 50.5. The number of amides is 6. The van der Waals surface area contributed by atoms with Crippen molar-refractivity contribution >= 4 is 41.6 Å². The molecule has 7 N–H and O–H groups in total. The van der Waals surface area contributed by atoms with Crippen LogP contribution in [0.3, 0.4) is 0 Å². The zero-order valence-corrected chi connectivity index (χ0v) is 81.2. The van der Waals surface area contributed by atoms with Crippen molar-refractivity contribution in [3.63, 3.8) is 0 Å². The van der Waals surface area contributed by atoms with E-state index in [1.54, 1.807) is 0 Å². The summed E-state index contributed by atoms with van der Waals surface area (Å²) < 4.78 is 0. The third-order valence-electron chi connectivity index (χ3n) is 32.6. The molecule has 24 rings (SSSR count). The van der Waals surface area contributed by atoms with Gasteiger partial charge in [0.25, 0.3) is 0 Å². The molecule has 0 aliphatic heterocycles. The van der Waals surface area contributed by atoms with Crippen LogP contribution in [-0.4, -0.2) is 87.5 Å². The summed E-state index contributed by atoms with van der Waals surface area (Å²) in [4.78, 5) is 87.5. The summed E-state index contributed by atoms with van der Waals surface area (Å²) in [6.07, 6.45) is 46.9. The van der Waals surface area contributed by atoms with Gasteiger partial charge in [0.1, 0.15) is 0 Å². The van der Waals surface area contributed by atoms with Crippen molar-refractivity contribution in [1.29, 1.82) is 0 Å². The van der Waals surface area contributed by atoms with Crippen LogP contribution in [0.5, 0.6) is 0 Å². The second-order valence-corrected chi connectivity index (χ2v) is 43.9. The standard InChI is InChI=1S/C16H27NO2.2C16H27NO.C15H25NO.C14H23NO.C13H21NO.6C2H6.CO2/c1-10(2)14(18)17-11(3)15-5-12-4-13(6-15)8-16(19,7-12)9-15;1-10(2)15(18)17-11(3)16-7-12-4-13(8-16)6-14(5-12)9-16;1-10(2)16(18)17-4-3-15-13-6-11-5-12(8-13)9-14(15)7-11;1-10(2)13(17)16-15-7-11-4-12(8-15)6-14(3,5-11)9-15;1-9(2)13(16)15-14-6-10-3-11(7-14)5-12(4-10)8-14;1-8(2)12(15)14-13-6-9-3-10(7-13)5-11(13)4-9;6*1-2;2-1-3/h10-13,19H,4-9H2,1-3H3,(H,17,18);10-14H,4-9H2,1-3H3,(H,17,18);10-15H,3-9H2,1-2H3,(H,17,18);10-12H,4-9H2,1-3H3,(H,16,17);9-12H,3-8H2,1-2H3,(H,15,16);8-11H,3-7H2,1-2H3,(H,14,15);6*1-2H3;. The average molecular weight is 1650 g/mol. The van der Waals surface area contributed by atoms with E-state index in [1.165, 1.54) is 205 Å². The van der Waals surface area contributed by atoms with Gasteiger partial charge in [-0.15, -0.1) is 0 Å². The summed E-state index contributed by atoms with van der Waals surface area (Å²) in [5.74, 6) is 18.6. The highest BCUT2D eigenvalue weighted by atomic mass is 16.3. The molecule has 8 unspecified atom stereocenters. The van der Waals surface area contributed by atoms with E-state index >= 15 is 0 Å². The molecule has 24 aliphatic rings. The Balaban J connectivity index is 0.000000213. The summed E-state index contributed by atoms with van der Waals surface area (Å²) >= 11 is 0. The SMILES string of the molecule is CC.CC.CC.CC.CC.CC.CC(C)C(=O)NC(C)C12CC3CC(CC(C3)C1)C2.CC(C)C(=O)NC(C)C12CC3CC(CC(O)(C3)C1)C2.CC(C)C(=O)NC12CC3CC(CC(C)(C3)C1)C2.CC(C)C(=O)NC12CC3CC(CC(C3)C1)C2.CC(C)C(=O)NC12CC3CC(CC1C3)C2.CC(C)C(=O)NCCC1C2CC3CC(C2)CC1C3.O=C=O. The quantitative estimate of drug-likeness (QED) is 0.0778. The fraction of sp³-hybridized carbons (Fsp3) is 0.932. The monoisotopic (exact) mass is 1650 g/mol. The lowest BCUT2D eigenvalue weighted by atomic mass is 9.46. The zero-order valence-electron chi connectivity index (χ0n) is 81.2. The van der Waals surface area contributed by atoms with E-state index in [2.05, 4.69) is 52.7 Å². The van der Waals surface area contributed by atoms with E-state index in [-0.39, 0.29) is 105 Å². The highest BCUT2D eigenvalue weighted by Gasteiger charge is 2.62. The van der Waals surface area contributed by atoms with Gasteiger partial charge in [-0.3, -0.25) is 28.8 Å². The highest BCUT2D eigenvalue weighted by molar-refractivity contribution is 5.81. The first-order chi connectivity index (χ1) is 55.9. The van der Waals surface area contributed by atoms with E-state index < -0.39 is 5.60 Å². The molecule has 15 nitrogen and oxygen atoms in total. The van der Waals surface area contributed by atoms with Crippen molar-refractivity contribution in [2.75, 3.05) is 6.54 Å². The number of hydrogen-bond donors (Lipinski definition) is 7. The van der Waals surface area contributed by atoms with Gasteiger partial charge in [0.2, 0.25) is 35.4 Å². The average Bonchev–Trinajstić information content (AvgIpc) is 1.55. The summed E-state index contributed by atoms with van der Waals surface area (Å²) in [5.41, 5.74) is 1.29. The smallest absolute Gasteiger partial charge is 0.373 e. The number of carbonyl (C=O) groups excluding carboxylic acids is 8. The Labute approximate surface area is 723 Å². The lowest BCUT2D eigenvalue weighted by Gasteiger charge is -2.62. The van der Waals surface area contributed by atoms with Crippen LogP contribution in [0.25, 0.3) is 0 Å². The fourth-order valence-electron chi connectivity index (χ4n) is 30.0. The number of nitrogens with one attached hydrogen (secondary N) is 6. The Kier molecular flexibility index (Phi) is 39.6. The minimum Gasteiger partial charge on any atom is -0.390 e. The molecule has 0 heterocycles. The number of aliphatic hydroxyl groups is 1. The lowest BCUT2D eigenvalue weighted by Crippen LogP contribution is -2.63. The Morgan fingerprint density at radius 1 is 0.322 bits per heavy atom. The topological polar surface area (TPSA) is 229 Å². The van der Waals surface area contributed by atoms with E-state index in [4.69, 9.17) is 9.59 Å². The van der Waals surface area contributed by atoms with Crippen molar-refractivity contribution in [3.05, 3.63) is 0 Å². The van der Waals surface area contributed by atoms with Crippen molar-refractivity contribution in [2.45, 2.75) is 446 Å². The van der Waals surface area contributed by atoms with Crippen molar-refractivity contribution < 1.29 is 43.5 Å². The largest absolute Gasteiger partial charge is 0.390 e. The molecule has 118 heavy (non-hydrogen) atoms. The fourth-order valence-corrected chi connectivity index (χ4v) is 30.0. The van der Waals surface area contributed by atoms with Crippen molar-refractivity contribution in [2.24, 2.45) is 158 Å². The molecule has 0 spiro atoms.